The number of rotatable bonds is 11. The van der Waals surface area contributed by atoms with Gasteiger partial charge in [0, 0.05) is 32.0 Å². The Morgan fingerprint density at radius 2 is 1.76 bits per heavy atom. The Hall–Kier alpha value is -3.17. The molecule has 2 N–H and O–H groups in total. The van der Waals surface area contributed by atoms with Gasteiger partial charge < -0.3 is 14.9 Å². The van der Waals surface area contributed by atoms with Crippen molar-refractivity contribution < 1.29 is 33.7 Å². The summed E-state index contributed by atoms with van der Waals surface area (Å²) in [6, 6.07) is 11.4. The average molecular weight is 591 g/mol. The molecule has 0 radical (unpaired) electrons. The molecule has 1 saturated carbocycles. The molecule has 41 heavy (non-hydrogen) atoms. The molecular formula is C31H40ClFN2O6. The molecular weight excluding hydrogens is 551 g/mol. The summed E-state index contributed by atoms with van der Waals surface area (Å²) in [5.41, 5.74) is 3.21. The highest BCUT2D eigenvalue weighted by atomic mass is 35.5. The van der Waals surface area contributed by atoms with Crippen molar-refractivity contribution >= 4 is 29.6 Å². The number of benzene rings is 2. The highest BCUT2D eigenvalue weighted by molar-refractivity contribution is 6.30. The molecule has 0 spiro atoms. The number of halogens is 2. The normalized spacial score (nSPS) is 16.5. The number of imide groups is 1. The van der Waals surface area contributed by atoms with E-state index in [1.54, 1.807) is 12.1 Å². The Balaban J connectivity index is 0.00000108. The van der Waals surface area contributed by atoms with Gasteiger partial charge in [0.05, 0.1) is 11.6 Å². The van der Waals surface area contributed by atoms with Crippen LogP contribution in [0.4, 0.5) is 9.18 Å². The zero-order valence-corrected chi connectivity index (χ0v) is 24.5. The molecule has 0 aromatic heterocycles. The SMILES string of the molecule is CCc1cc(CN(CC2CCCCC2)[C@@H](C)c2ccc(Cl)c(F)c2)ccc1OCCN1C(=O)CCC1=O.O=C(O)O. The molecule has 4 rings (SSSR count). The molecule has 0 bridgehead atoms. The first-order valence-corrected chi connectivity index (χ1v) is 14.7. The number of carbonyl (C=O) groups is 3. The number of likely N-dealkylation sites (tertiary alicyclic amines) is 1. The molecule has 1 aliphatic heterocycles. The van der Waals surface area contributed by atoms with Gasteiger partial charge >= 0.3 is 6.16 Å². The highest BCUT2D eigenvalue weighted by Gasteiger charge is 2.28. The van der Waals surface area contributed by atoms with Gasteiger partial charge in [-0.2, -0.15) is 0 Å². The topological polar surface area (TPSA) is 107 Å². The number of amides is 2. The van der Waals surface area contributed by atoms with E-state index in [0.29, 0.717) is 18.8 Å². The lowest BCUT2D eigenvalue weighted by molar-refractivity contribution is -0.138. The lowest BCUT2D eigenvalue weighted by Crippen LogP contribution is -2.33. The smallest absolute Gasteiger partial charge is 0.491 e. The fraction of sp³-hybridized carbons (Fsp3) is 0.516. The van der Waals surface area contributed by atoms with Gasteiger partial charge in [-0.3, -0.25) is 19.4 Å². The molecule has 2 amide bonds. The maximum atomic E-state index is 14.3. The number of ether oxygens (including phenoxy) is 1. The summed E-state index contributed by atoms with van der Waals surface area (Å²) in [6.45, 7) is 6.54. The van der Waals surface area contributed by atoms with Crippen LogP contribution in [0.2, 0.25) is 5.02 Å². The van der Waals surface area contributed by atoms with E-state index in [1.807, 2.05) is 12.1 Å². The van der Waals surface area contributed by atoms with Crippen molar-refractivity contribution in [3.05, 3.63) is 63.9 Å². The van der Waals surface area contributed by atoms with Crippen molar-refractivity contribution in [2.24, 2.45) is 5.92 Å². The summed E-state index contributed by atoms with van der Waals surface area (Å²) in [7, 11) is 0. The second-order valence-electron chi connectivity index (χ2n) is 10.6. The van der Waals surface area contributed by atoms with Crippen LogP contribution in [-0.4, -0.2) is 57.7 Å². The minimum atomic E-state index is -1.83. The third-order valence-electron chi connectivity index (χ3n) is 7.81. The molecule has 1 saturated heterocycles. The first-order valence-electron chi connectivity index (χ1n) is 14.3. The van der Waals surface area contributed by atoms with Crippen LogP contribution < -0.4 is 4.74 Å². The maximum absolute atomic E-state index is 14.3. The molecule has 1 heterocycles. The summed E-state index contributed by atoms with van der Waals surface area (Å²) in [6.07, 6.45) is 5.94. The summed E-state index contributed by atoms with van der Waals surface area (Å²) < 4.78 is 20.3. The molecule has 1 atom stereocenters. The molecule has 224 valence electrons. The van der Waals surface area contributed by atoms with Crippen LogP contribution in [0.25, 0.3) is 0 Å². The fourth-order valence-electron chi connectivity index (χ4n) is 5.55. The standard InChI is InChI=1S/C30H38ClFN2O3.CH2O3/c1-3-24-17-23(9-12-28(24)37-16-15-34-29(35)13-14-30(34)36)20-33(19-22-7-5-4-6-8-22)21(2)25-10-11-26(31)27(32)18-25;2-1(3)4/h9-12,17-18,21-22H,3-8,13-16,19-20H2,1-2H3;(H2,2,3,4)/t21-;/m0./s1. The van der Waals surface area contributed by atoms with Crippen molar-refractivity contribution in [2.45, 2.75) is 77.8 Å². The Bertz CT molecular complexity index is 1180. The largest absolute Gasteiger partial charge is 0.503 e. The van der Waals surface area contributed by atoms with Crippen molar-refractivity contribution in [1.29, 1.82) is 0 Å². The van der Waals surface area contributed by atoms with Gasteiger partial charge in [0.25, 0.3) is 0 Å². The van der Waals surface area contributed by atoms with E-state index in [4.69, 9.17) is 31.3 Å². The van der Waals surface area contributed by atoms with Gasteiger partial charge in [0.1, 0.15) is 18.2 Å². The summed E-state index contributed by atoms with van der Waals surface area (Å²) in [4.78, 5) is 36.0. The molecule has 1 aliphatic carbocycles. The first-order chi connectivity index (χ1) is 19.6. The predicted molar refractivity (Wildman–Crippen MR) is 155 cm³/mol. The Labute approximate surface area is 246 Å². The van der Waals surface area contributed by atoms with Crippen LogP contribution in [0.1, 0.15) is 81.5 Å². The number of carbonyl (C=O) groups excluding carboxylic acids is 2. The van der Waals surface area contributed by atoms with Crippen molar-refractivity contribution in [1.82, 2.24) is 9.80 Å². The molecule has 2 fully saturated rings. The van der Waals surface area contributed by atoms with Crippen molar-refractivity contribution in [3.63, 3.8) is 0 Å². The first kappa shape index (κ1) is 32.3. The van der Waals surface area contributed by atoms with Gasteiger partial charge in [-0.15, -0.1) is 0 Å². The second kappa shape index (κ2) is 15.7. The Kier molecular flexibility index (Phi) is 12.4. The third kappa shape index (κ3) is 9.71. The zero-order valence-electron chi connectivity index (χ0n) is 23.8. The quantitative estimate of drug-likeness (QED) is 0.273. The van der Waals surface area contributed by atoms with E-state index in [-0.39, 0.29) is 41.8 Å². The number of carboxylic acid groups (broad SMARTS) is 2. The van der Waals surface area contributed by atoms with Crippen molar-refractivity contribution in [2.75, 3.05) is 19.7 Å². The van der Waals surface area contributed by atoms with E-state index in [0.717, 1.165) is 36.4 Å². The van der Waals surface area contributed by atoms with E-state index in [9.17, 15) is 14.0 Å². The number of hydrogen-bond donors (Lipinski definition) is 2. The Morgan fingerprint density at radius 3 is 2.37 bits per heavy atom. The second-order valence-corrected chi connectivity index (χ2v) is 11.1. The lowest BCUT2D eigenvalue weighted by atomic mass is 9.88. The van der Waals surface area contributed by atoms with Crippen LogP contribution >= 0.6 is 11.6 Å². The fourth-order valence-corrected chi connectivity index (χ4v) is 5.66. The predicted octanol–water partition coefficient (Wildman–Crippen LogP) is 6.94. The van der Waals surface area contributed by atoms with Gasteiger partial charge in [-0.25, -0.2) is 9.18 Å². The summed E-state index contributed by atoms with van der Waals surface area (Å²) in [5.74, 6) is 0.824. The monoisotopic (exact) mass is 590 g/mol. The van der Waals surface area contributed by atoms with Gasteiger partial charge in [-0.05, 0) is 67.0 Å². The molecule has 0 unspecified atom stereocenters. The minimum absolute atomic E-state index is 0.0465. The zero-order chi connectivity index (χ0) is 29.9. The van der Waals surface area contributed by atoms with E-state index < -0.39 is 6.16 Å². The van der Waals surface area contributed by atoms with E-state index >= 15 is 0 Å². The van der Waals surface area contributed by atoms with Gasteiger partial charge in [0.2, 0.25) is 11.8 Å². The molecule has 2 aromatic carbocycles. The van der Waals surface area contributed by atoms with Crippen LogP contribution in [-0.2, 0) is 22.6 Å². The third-order valence-corrected chi connectivity index (χ3v) is 8.12. The molecule has 2 aromatic rings. The van der Waals surface area contributed by atoms with Crippen LogP contribution in [0.3, 0.4) is 0 Å². The average Bonchev–Trinajstić information content (AvgIpc) is 3.27. The number of aryl methyl sites for hydroxylation is 1. The number of hydrogen-bond acceptors (Lipinski definition) is 5. The van der Waals surface area contributed by atoms with E-state index in [1.165, 1.54) is 42.6 Å². The number of nitrogens with zero attached hydrogens (tertiary/aromatic N) is 2. The molecule has 10 heteroatoms. The molecule has 2 aliphatic rings. The highest BCUT2D eigenvalue weighted by Crippen LogP contribution is 2.31. The van der Waals surface area contributed by atoms with E-state index in [2.05, 4.69) is 30.9 Å². The van der Waals surface area contributed by atoms with Gasteiger partial charge in [-0.1, -0.05) is 56.0 Å². The summed E-state index contributed by atoms with van der Waals surface area (Å²) >= 11 is 5.95. The molecule has 8 nitrogen and oxygen atoms in total. The summed E-state index contributed by atoms with van der Waals surface area (Å²) in [5, 5.41) is 14.1. The van der Waals surface area contributed by atoms with Crippen LogP contribution in [0, 0.1) is 11.7 Å². The lowest BCUT2D eigenvalue weighted by Gasteiger charge is -2.34. The van der Waals surface area contributed by atoms with Crippen molar-refractivity contribution in [3.8, 4) is 5.75 Å². The maximum Gasteiger partial charge on any atom is 0.503 e. The van der Waals surface area contributed by atoms with Crippen LogP contribution in [0.15, 0.2) is 36.4 Å². The van der Waals surface area contributed by atoms with Gasteiger partial charge in [0.15, 0.2) is 0 Å². The Morgan fingerprint density at radius 1 is 1.10 bits per heavy atom. The van der Waals surface area contributed by atoms with Crippen LogP contribution in [0.5, 0.6) is 5.75 Å². The minimum Gasteiger partial charge on any atom is -0.491 e.